The standard InChI is InChI=1S/C7H12O5/c8-4-1-3(7(11)12)2-5(9)6(4)10/h3-6,8-10H,1-2H2,(H,11,12)/t3?,4-,5?,6?/m1/s1. The molecule has 0 aromatic carbocycles. The lowest BCUT2D eigenvalue weighted by atomic mass is 9.83. The molecule has 1 rings (SSSR count). The molecule has 0 aromatic heterocycles. The molecule has 70 valence electrons. The third kappa shape index (κ3) is 1.74. The van der Waals surface area contributed by atoms with E-state index in [9.17, 15) is 4.79 Å². The third-order valence-electron chi connectivity index (χ3n) is 2.19. The Labute approximate surface area is 69.3 Å². The van der Waals surface area contributed by atoms with Crippen molar-refractivity contribution >= 4 is 5.97 Å². The van der Waals surface area contributed by atoms with Gasteiger partial charge in [-0.25, -0.2) is 0 Å². The van der Waals surface area contributed by atoms with Crippen LogP contribution >= 0.6 is 0 Å². The Kier molecular flexibility index (Phi) is 2.66. The highest BCUT2D eigenvalue weighted by Crippen LogP contribution is 2.25. The van der Waals surface area contributed by atoms with E-state index in [2.05, 4.69) is 0 Å². The van der Waals surface area contributed by atoms with Crippen LogP contribution in [0.1, 0.15) is 12.8 Å². The van der Waals surface area contributed by atoms with Gasteiger partial charge in [-0.05, 0) is 12.8 Å². The van der Waals surface area contributed by atoms with Gasteiger partial charge in [0.1, 0.15) is 6.10 Å². The van der Waals surface area contributed by atoms with Crippen molar-refractivity contribution in [1.29, 1.82) is 0 Å². The molecule has 0 aromatic rings. The fourth-order valence-corrected chi connectivity index (χ4v) is 1.42. The van der Waals surface area contributed by atoms with Gasteiger partial charge in [0.2, 0.25) is 0 Å². The first-order chi connectivity index (χ1) is 5.52. The molecule has 1 saturated carbocycles. The van der Waals surface area contributed by atoms with Gasteiger partial charge in [-0.2, -0.15) is 0 Å². The fraction of sp³-hybridized carbons (Fsp3) is 0.857. The van der Waals surface area contributed by atoms with Crippen LogP contribution in [0.25, 0.3) is 0 Å². The average molecular weight is 176 g/mol. The summed E-state index contributed by atoms with van der Waals surface area (Å²) in [4.78, 5) is 10.4. The molecule has 0 bridgehead atoms. The number of aliphatic hydroxyl groups is 3. The molecule has 4 N–H and O–H groups in total. The quantitative estimate of drug-likeness (QED) is 0.392. The van der Waals surface area contributed by atoms with Crippen molar-refractivity contribution in [2.75, 3.05) is 0 Å². The second-order valence-electron chi connectivity index (χ2n) is 3.13. The summed E-state index contributed by atoms with van der Waals surface area (Å²) in [5.74, 6) is -1.79. The molecule has 3 unspecified atom stereocenters. The van der Waals surface area contributed by atoms with Crippen LogP contribution in [0.2, 0.25) is 0 Å². The molecule has 0 aliphatic heterocycles. The van der Waals surface area contributed by atoms with Crippen LogP contribution in [0.15, 0.2) is 0 Å². The lowest BCUT2D eigenvalue weighted by Crippen LogP contribution is -2.46. The normalized spacial score (nSPS) is 42.6. The molecule has 1 aliphatic rings. The minimum atomic E-state index is -1.21. The highest BCUT2D eigenvalue weighted by molar-refractivity contribution is 5.70. The van der Waals surface area contributed by atoms with E-state index in [1.807, 2.05) is 0 Å². The first kappa shape index (κ1) is 9.44. The molecule has 4 atom stereocenters. The summed E-state index contributed by atoms with van der Waals surface area (Å²) in [5, 5.41) is 35.8. The second-order valence-corrected chi connectivity index (χ2v) is 3.13. The van der Waals surface area contributed by atoms with E-state index in [-0.39, 0.29) is 12.8 Å². The molecule has 5 heteroatoms. The topological polar surface area (TPSA) is 98.0 Å². The zero-order chi connectivity index (χ0) is 9.30. The average Bonchev–Trinajstić information content (AvgIpc) is 1.99. The van der Waals surface area contributed by atoms with E-state index in [0.29, 0.717) is 0 Å². The molecular formula is C7H12O5. The molecule has 0 saturated heterocycles. The zero-order valence-corrected chi connectivity index (χ0v) is 6.42. The van der Waals surface area contributed by atoms with E-state index >= 15 is 0 Å². The van der Waals surface area contributed by atoms with Gasteiger partial charge in [0.25, 0.3) is 0 Å². The molecule has 0 radical (unpaired) electrons. The fourth-order valence-electron chi connectivity index (χ4n) is 1.42. The smallest absolute Gasteiger partial charge is 0.306 e. The predicted molar refractivity (Wildman–Crippen MR) is 38.4 cm³/mol. The maximum absolute atomic E-state index is 10.4. The predicted octanol–water partition coefficient (Wildman–Crippen LogP) is -1.44. The van der Waals surface area contributed by atoms with Gasteiger partial charge in [0, 0.05) is 0 Å². The zero-order valence-electron chi connectivity index (χ0n) is 6.42. The molecule has 1 aliphatic carbocycles. The number of carboxylic acids is 1. The maximum Gasteiger partial charge on any atom is 0.306 e. The van der Waals surface area contributed by atoms with Crippen molar-refractivity contribution in [3.05, 3.63) is 0 Å². The third-order valence-corrected chi connectivity index (χ3v) is 2.19. The lowest BCUT2D eigenvalue weighted by molar-refractivity contribution is -0.153. The maximum atomic E-state index is 10.4. The SMILES string of the molecule is O=C(O)C1CC(O)C(O)[C@H](O)C1. The van der Waals surface area contributed by atoms with Crippen LogP contribution in [0.3, 0.4) is 0 Å². The number of rotatable bonds is 1. The number of hydrogen-bond acceptors (Lipinski definition) is 4. The lowest BCUT2D eigenvalue weighted by Gasteiger charge is -2.31. The van der Waals surface area contributed by atoms with E-state index < -0.39 is 30.2 Å². The van der Waals surface area contributed by atoms with Gasteiger partial charge >= 0.3 is 5.97 Å². The van der Waals surface area contributed by atoms with Gasteiger partial charge in [0.15, 0.2) is 0 Å². The van der Waals surface area contributed by atoms with Crippen molar-refractivity contribution in [1.82, 2.24) is 0 Å². The van der Waals surface area contributed by atoms with Crippen LogP contribution in [-0.2, 0) is 4.79 Å². The molecule has 0 amide bonds. The summed E-state index contributed by atoms with van der Waals surface area (Å²) in [5.41, 5.74) is 0. The minimum Gasteiger partial charge on any atom is -0.481 e. The van der Waals surface area contributed by atoms with E-state index in [1.165, 1.54) is 0 Å². The van der Waals surface area contributed by atoms with Gasteiger partial charge in [-0.1, -0.05) is 0 Å². The van der Waals surface area contributed by atoms with Gasteiger partial charge < -0.3 is 20.4 Å². The molecule has 12 heavy (non-hydrogen) atoms. The van der Waals surface area contributed by atoms with Crippen LogP contribution in [0, 0.1) is 5.92 Å². The molecule has 0 heterocycles. The first-order valence-corrected chi connectivity index (χ1v) is 3.79. The van der Waals surface area contributed by atoms with Crippen LogP contribution in [0.4, 0.5) is 0 Å². The van der Waals surface area contributed by atoms with Crippen LogP contribution < -0.4 is 0 Å². The minimum absolute atomic E-state index is 0.00750. The van der Waals surface area contributed by atoms with Crippen molar-refractivity contribution in [3.63, 3.8) is 0 Å². The Bertz CT molecular complexity index is 169. The van der Waals surface area contributed by atoms with Gasteiger partial charge in [-0.3, -0.25) is 4.79 Å². The number of aliphatic hydroxyl groups excluding tert-OH is 3. The summed E-state index contributed by atoms with van der Waals surface area (Å²) >= 11 is 0. The Morgan fingerprint density at radius 1 is 1.08 bits per heavy atom. The Morgan fingerprint density at radius 3 is 1.83 bits per heavy atom. The second kappa shape index (κ2) is 3.38. The molecule has 5 nitrogen and oxygen atoms in total. The Balaban J connectivity index is 2.59. The number of aliphatic carboxylic acids is 1. The summed E-state index contributed by atoms with van der Waals surface area (Å²) in [6.07, 6.45) is -3.45. The molecule has 1 fully saturated rings. The van der Waals surface area contributed by atoms with Crippen molar-refractivity contribution in [3.8, 4) is 0 Å². The van der Waals surface area contributed by atoms with E-state index in [4.69, 9.17) is 20.4 Å². The highest BCUT2D eigenvalue weighted by Gasteiger charge is 2.37. The summed E-state index contributed by atoms with van der Waals surface area (Å²) in [7, 11) is 0. The van der Waals surface area contributed by atoms with E-state index in [0.717, 1.165) is 0 Å². The van der Waals surface area contributed by atoms with Crippen molar-refractivity contribution in [2.45, 2.75) is 31.2 Å². The molecular weight excluding hydrogens is 164 g/mol. The van der Waals surface area contributed by atoms with Crippen LogP contribution in [-0.4, -0.2) is 44.7 Å². The number of carboxylic acid groups (broad SMARTS) is 1. The monoisotopic (exact) mass is 176 g/mol. The summed E-state index contributed by atoms with van der Waals surface area (Å²) in [6, 6.07) is 0. The summed E-state index contributed by atoms with van der Waals surface area (Å²) in [6.45, 7) is 0. The Hall–Kier alpha value is -0.650. The summed E-state index contributed by atoms with van der Waals surface area (Å²) < 4.78 is 0. The number of carbonyl (C=O) groups is 1. The first-order valence-electron chi connectivity index (χ1n) is 3.79. The van der Waals surface area contributed by atoms with Crippen LogP contribution in [0.5, 0.6) is 0 Å². The number of hydrogen-bond donors (Lipinski definition) is 4. The van der Waals surface area contributed by atoms with Crippen molar-refractivity contribution < 1.29 is 25.2 Å². The largest absolute Gasteiger partial charge is 0.481 e. The van der Waals surface area contributed by atoms with E-state index in [1.54, 1.807) is 0 Å². The van der Waals surface area contributed by atoms with Crippen molar-refractivity contribution in [2.24, 2.45) is 5.92 Å². The molecule has 0 spiro atoms. The van der Waals surface area contributed by atoms with Gasteiger partial charge in [-0.15, -0.1) is 0 Å². The Morgan fingerprint density at radius 2 is 1.50 bits per heavy atom. The highest BCUT2D eigenvalue weighted by atomic mass is 16.4. The van der Waals surface area contributed by atoms with Gasteiger partial charge in [0.05, 0.1) is 18.1 Å².